The molecule has 0 amide bonds. The van der Waals surface area contributed by atoms with E-state index in [0.29, 0.717) is 0 Å². The first-order valence-electron chi connectivity index (χ1n) is 8.73. The van der Waals surface area contributed by atoms with E-state index in [1.807, 2.05) is 44.6 Å². The van der Waals surface area contributed by atoms with Crippen LogP contribution in [0.3, 0.4) is 0 Å². The lowest BCUT2D eigenvalue weighted by atomic mass is 10.1. The molecule has 0 atom stereocenters. The Morgan fingerprint density at radius 3 is 2.69 bits per heavy atom. The molecule has 1 aromatic carbocycles. The number of rotatable bonds is 2. The Bertz CT molecular complexity index is 1090. The molecule has 1 aliphatic rings. The van der Waals surface area contributed by atoms with Gasteiger partial charge < -0.3 is 4.90 Å². The van der Waals surface area contributed by atoms with E-state index in [-0.39, 0.29) is 0 Å². The SMILES string of the molecule is Cc1nc(N2CCc3c(cnn3-c3ccccc3)C2)c2cnn(C)c2n1. The molecule has 3 aromatic heterocycles. The van der Waals surface area contributed by atoms with E-state index in [4.69, 9.17) is 4.98 Å². The van der Waals surface area contributed by atoms with Crippen molar-refractivity contribution < 1.29 is 0 Å². The van der Waals surface area contributed by atoms with Gasteiger partial charge in [-0.2, -0.15) is 10.2 Å². The Balaban J connectivity index is 1.54. The summed E-state index contributed by atoms with van der Waals surface area (Å²) in [6.07, 6.45) is 4.75. The van der Waals surface area contributed by atoms with Crippen LogP contribution in [0.4, 0.5) is 5.82 Å². The van der Waals surface area contributed by atoms with Gasteiger partial charge in [0.15, 0.2) is 5.65 Å². The highest BCUT2D eigenvalue weighted by atomic mass is 15.3. The molecule has 0 bridgehead atoms. The standard InChI is InChI=1S/C19H19N7/c1-13-22-18-16(11-20-24(18)2)19(23-13)25-9-8-17-14(12-25)10-21-26(17)15-6-4-3-5-7-15/h3-7,10-11H,8-9,12H2,1-2H3. The lowest BCUT2D eigenvalue weighted by molar-refractivity contribution is 0.686. The molecule has 5 rings (SSSR count). The number of para-hydroxylation sites is 1. The molecule has 0 saturated heterocycles. The molecule has 7 heteroatoms. The molecule has 0 aliphatic carbocycles. The zero-order valence-electron chi connectivity index (χ0n) is 14.8. The van der Waals surface area contributed by atoms with Gasteiger partial charge in [0.05, 0.1) is 29.2 Å². The number of anilines is 1. The fourth-order valence-electron chi connectivity index (χ4n) is 3.66. The number of fused-ring (bicyclic) bond motifs is 2. The van der Waals surface area contributed by atoms with E-state index in [1.54, 1.807) is 4.68 Å². The van der Waals surface area contributed by atoms with Crippen LogP contribution in [0.2, 0.25) is 0 Å². The van der Waals surface area contributed by atoms with Crippen LogP contribution in [0.5, 0.6) is 0 Å². The Hall–Kier alpha value is -3.22. The van der Waals surface area contributed by atoms with Crippen LogP contribution < -0.4 is 4.90 Å². The average molecular weight is 345 g/mol. The maximum atomic E-state index is 4.71. The Labute approximate surface area is 150 Å². The highest BCUT2D eigenvalue weighted by molar-refractivity contribution is 5.87. The smallest absolute Gasteiger partial charge is 0.163 e. The fraction of sp³-hybridized carbons (Fsp3) is 0.263. The van der Waals surface area contributed by atoms with Gasteiger partial charge in [-0.25, -0.2) is 14.6 Å². The van der Waals surface area contributed by atoms with Crippen LogP contribution in [-0.2, 0) is 20.0 Å². The second kappa shape index (κ2) is 5.66. The molecule has 4 aromatic rings. The number of aryl methyl sites for hydroxylation is 2. The van der Waals surface area contributed by atoms with Gasteiger partial charge in [0.25, 0.3) is 0 Å². The van der Waals surface area contributed by atoms with E-state index in [1.165, 1.54) is 11.3 Å². The summed E-state index contributed by atoms with van der Waals surface area (Å²) in [5.41, 5.74) is 4.50. The Morgan fingerprint density at radius 2 is 1.85 bits per heavy atom. The third kappa shape index (κ3) is 2.28. The highest BCUT2D eigenvalue weighted by Gasteiger charge is 2.24. The van der Waals surface area contributed by atoms with Crippen molar-refractivity contribution in [2.45, 2.75) is 19.9 Å². The fourth-order valence-corrected chi connectivity index (χ4v) is 3.66. The van der Waals surface area contributed by atoms with Crippen molar-refractivity contribution in [2.24, 2.45) is 7.05 Å². The van der Waals surface area contributed by atoms with Gasteiger partial charge in [-0.05, 0) is 19.1 Å². The molecule has 26 heavy (non-hydrogen) atoms. The summed E-state index contributed by atoms with van der Waals surface area (Å²) >= 11 is 0. The van der Waals surface area contributed by atoms with E-state index in [2.05, 4.69) is 36.9 Å². The van der Waals surface area contributed by atoms with Crippen molar-refractivity contribution in [3.8, 4) is 5.69 Å². The molecule has 0 N–H and O–H groups in total. The molecule has 0 saturated carbocycles. The van der Waals surface area contributed by atoms with Gasteiger partial charge in [-0.15, -0.1) is 0 Å². The third-order valence-electron chi connectivity index (χ3n) is 4.92. The van der Waals surface area contributed by atoms with Crippen molar-refractivity contribution >= 4 is 16.9 Å². The molecule has 0 spiro atoms. The highest BCUT2D eigenvalue weighted by Crippen LogP contribution is 2.29. The van der Waals surface area contributed by atoms with Crippen molar-refractivity contribution in [3.05, 3.63) is 59.8 Å². The van der Waals surface area contributed by atoms with E-state index in [0.717, 1.165) is 47.9 Å². The lowest BCUT2D eigenvalue weighted by Crippen LogP contribution is -2.31. The first-order valence-corrected chi connectivity index (χ1v) is 8.73. The minimum atomic E-state index is 0.766. The summed E-state index contributed by atoms with van der Waals surface area (Å²) in [7, 11) is 1.91. The molecular formula is C19H19N7. The minimum absolute atomic E-state index is 0.766. The molecule has 130 valence electrons. The maximum Gasteiger partial charge on any atom is 0.163 e. The lowest BCUT2D eigenvalue weighted by Gasteiger charge is -2.29. The van der Waals surface area contributed by atoms with E-state index < -0.39 is 0 Å². The topological polar surface area (TPSA) is 64.7 Å². The zero-order chi connectivity index (χ0) is 17.7. The van der Waals surface area contributed by atoms with Crippen LogP contribution >= 0.6 is 0 Å². The van der Waals surface area contributed by atoms with Crippen LogP contribution in [0.1, 0.15) is 17.1 Å². The predicted molar refractivity (Wildman–Crippen MR) is 99.4 cm³/mol. The van der Waals surface area contributed by atoms with E-state index in [9.17, 15) is 0 Å². The summed E-state index contributed by atoms with van der Waals surface area (Å²) in [5, 5.41) is 9.97. The second-order valence-electron chi connectivity index (χ2n) is 6.64. The number of hydrogen-bond donors (Lipinski definition) is 0. The number of hydrogen-bond acceptors (Lipinski definition) is 5. The predicted octanol–water partition coefficient (Wildman–Crippen LogP) is 2.42. The first-order chi connectivity index (χ1) is 12.7. The summed E-state index contributed by atoms with van der Waals surface area (Å²) in [6.45, 7) is 3.62. The van der Waals surface area contributed by atoms with Gasteiger partial charge >= 0.3 is 0 Å². The number of benzene rings is 1. The molecular weight excluding hydrogens is 326 g/mol. The molecule has 1 aliphatic heterocycles. The van der Waals surface area contributed by atoms with Gasteiger partial charge in [0.1, 0.15) is 11.6 Å². The second-order valence-corrected chi connectivity index (χ2v) is 6.64. The third-order valence-corrected chi connectivity index (χ3v) is 4.92. The van der Waals surface area contributed by atoms with Crippen LogP contribution in [0, 0.1) is 6.92 Å². The van der Waals surface area contributed by atoms with Gasteiger partial charge in [-0.3, -0.25) is 4.68 Å². The van der Waals surface area contributed by atoms with Crippen LogP contribution in [0.25, 0.3) is 16.7 Å². The van der Waals surface area contributed by atoms with Gasteiger partial charge in [-0.1, -0.05) is 18.2 Å². The Kier molecular flexibility index (Phi) is 3.28. The van der Waals surface area contributed by atoms with Crippen molar-refractivity contribution in [3.63, 3.8) is 0 Å². The van der Waals surface area contributed by atoms with Crippen LogP contribution in [0.15, 0.2) is 42.7 Å². The molecule has 0 fully saturated rings. The van der Waals surface area contributed by atoms with E-state index >= 15 is 0 Å². The monoisotopic (exact) mass is 345 g/mol. The summed E-state index contributed by atoms with van der Waals surface area (Å²) < 4.78 is 3.86. The normalized spacial score (nSPS) is 14.0. The van der Waals surface area contributed by atoms with Gasteiger partial charge in [0.2, 0.25) is 0 Å². The Morgan fingerprint density at radius 1 is 1.00 bits per heavy atom. The molecule has 0 radical (unpaired) electrons. The molecule has 7 nitrogen and oxygen atoms in total. The first kappa shape index (κ1) is 15.1. The van der Waals surface area contributed by atoms with Crippen molar-refractivity contribution in [1.82, 2.24) is 29.5 Å². The molecule has 0 unspecified atom stereocenters. The largest absolute Gasteiger partial charge is 0.351 e. The van der Waals surface area contributed by atoms with Gasteiger partial charge in [0, 0.05) is 32.1 Å². The van der Waals surface area contributed by atoms with Crippen LogP contribution in [-0.4, -0.2) is 36.1 Å². The summed E-state index contributed by atoms with van der Waals surface area (Å²) in [4.78, 5) is 11.5. The van der Waals surface area contributed by atoms with Crippen molar-refractivity contribution in [2.75, 3.05) is 11.4 Å². The van der Waals surface area contributed by atoms with Crippen molar-refractivity contribution in [1.29, 1.82) is 0 Å². The average Bonchev–Trinajstić information content (AvgIpc) is 3.25. The zero-order valence-corrected chi connectivity index (χ0v) is 14.8. The number of nitrogens with zero attached hydrogens (tertiary/aromatic N) is 7. The molecule has 4 heterocycles. The minimum Gasteiger partial charge on any atom is -0.351 e. The summed E-state index contributed by atoms with van der Waals surface area (Å²) in [6, 6.07) is 10.3. The quantitative estimate of drug-likeness (QED) is 0.558. The summed E-state index contributed by atoms with van der Waals surface area (Å²) in [5.74, 6) is 1.72. The maximum absolute atomic E-state index is 4.71. The number of aromatic nitrogens is 6.